The van der Waals surface area contributed by atoms with Crippen LogP contribution in [0.15, 0.2) is 65.3 Å². The van der Waals surface area contributed by atoms with Crippen LogP contribution in [-0.4, -0.2) is 20.4 Å². The zero-order valence-electron chi connectivity index (χ0n) is 14.5. The van der Waals surface area contributed by atoms with Crippen molar-refractivity contribution in [1.82, 2.24) is 14.5 Å². The van der Waals surface area contributed by atoms with E-state index in [9.17, 15) is 9.59 Å². The van der Waals surface area contributed by atoms with E-state index in [1.165, 1.54) is 22.2 Å². The molecule has 1 aromatic carbocycles. The Bertz CT molecular complexity index is 1250. The van der Waals surface area contributed by atoms with Crippen molar-refractivity contribution < 1.29 is 4.79 Å². The van der Waals surface area contributed by atoms with Gasteiger partial charge < -0.3 is 5.32 Å². The van der Waals surface area contributed by atoms with Gasteiger partial charge in [-0.25, -0.2) is 4.98 Å². The van der Waals surface area contributed by atoms with E-state index in [-0.39, 0.29) is 11.1 Å². The van der Waals surface area contributed by atoms with Crippen molar-refractivity contribution in [2.75, 3.05) is 5.32 Å². The first-order valence-corrected chi connectivity index (χ1v) is 9.21. The summed E-state index contributed by atoms with van der Waals surface area (Å²) in [5.74, 6) is -0.392. The molecule has 0 bridgehead atoms. The number of carbonyl (C=O) groups excluding carboxylic acids is 1. The predicted octanol–water partition coefficient (Wildman–Crippen LogP) is 3.03. The van der Waals surface area contributed by atoms with Crippen molar-refractivity contribution in [3.05, 3.63) is 87.5 Å². The van der Waals surface area contributed by atoms with Crippen LogP contribution in [0.1, 0.15) is 21.5 Å². The van der Waals surface area contributed by atoms with Gasteiger partial charge in [-0.1, -0.05) is 0 Å². The second-order valence-corrected chi connectivity index (χ2v) is 6.86. The van der Waals surface area contributed by atoms with E-state index in [0.717, 1.165) is 5.56 Å². The summed E-state index contributed by atoms with van der Waals surface area (Å²) in [4.78, 5) is 34.5. The molecule has 136 valence electrons. The number of amides is 1. The lowest BCUT2D eigenvalue weighted by Gasteiger charge is -2.07. The van der Waals surface area contributed by atoms with Crippen LogP contribution in [0.5, 0.6) is 0 Å². The molecule has 4 aromatic rings. The molecule has 7 nitrogen and oxygen atoms in total. The molecular weight excluding hydrogens is 374 g/mol. The Morgan fingerprint density at radius 2 is 1.93 bits per heavy atom. The Balaban J connectivity index is 1.67. The van der Waals surface area contributed by atoms with Crippen molar-refractivity contribution in [3.8, 4) is 6.07 Å². The van der Waals surface area contributed by atoms with Gasteiger partial charge in [-0.3, -0.25) is 19.1 Å². The Labute approximate surface area is 163 Å². The van der Waals surface area contributed by atoms with E-state index in [4.69, 9.17) is 5.26 Å². The highest BCUT2D eigenvalue weighted by molar-refractivity contribution is 7.17. The van der Waals surface area contributed by atoms with Crippen molar-refractivity contribution in [2.24, 2.45) is 0 Å². The molecule has 0 spiro atoms. The third-order valence-corrected chi connectivity index (χ3v) is 5.07. The number of hydrogen-bond acceptors (Lipinski definition) is 6. The Morgan fingerprint density at radius 3 is 2.64 bits per heavy atom. The van der Waals surface area contributed by atoms with Gasteiger partial charge in [-0.2, -0.15) is 5.26 Å². The zero-order chi connectivity index (χ0) is 19.5. The summed E-state index contributed by atoms with van der Waals surface area (Å²) in [5.41, 5.74) is 1.97. The first kappa shape index (κ1) is 17.6. The van der Waals surface area contributed by atoms with Gasteiger partial charge in [0.15, 0.2) is 0 Å². The van der Waals surface area contributed by atoms with E-state index in [0.29, 0.717) is 28.0 Å². The van der Waals surface area contributed by atoms with Gasteiger partial charge in [-0.15, -0.1) is 11.3 Å². The maximum Gasteiger partial charge on any atom is 0.263 e. The van der Waals surface area contributed by atoms with Crippen molar-refractivity contribution in [1.29, 1.82) is 5.26 Å². The number of anilines is 1. The molecule has 0 aliphatic heterocycles. The minimum Gasteiger partial charge on any atom is -0.322 e. The minimum absolute atomic E-state index is 0.270. The lowest BCUT2D eigenvalue weighted by atomic mass is 10.2. The Kier molecular flexibility index (Phi) is 4.66. The monoisotopic (exact) mass is 387 g/mol. The van der Waals surface area contributed by atoms with Crippen molar-refractivity contribution >= 4 is 33.1 Å². The number of nitrogens with one attached hydrogen (secondary N) is 1. The van der Waals surface area contributed by atoms with Gasteiger partial charge in [0.1, 0.15) is 4.83 Å². The first-order chi connectivity index (χ1) is 13.7. The number of hydrogen-bond donors (Lipinski definition) is 1. The van der Waals surface area contributed by atoms with Crippen LogP contribution in [-0.2, 0) is 6.54 Å². The average molecular weight is 387 g/mol. The number of fused-ring (bicyclic) bond motifs is 1. The number of rotatable bonds is 4. The standard InChI is InChI=1S/C20H13N5O2S/c21-9-13-1-3-15(4-2-13)24-18(26)16-11-28-19-17(16)20(27)25(12-23-19)10-14-5-7-22-8-6-14/h1-8,11-12H,10H2,(H,24,26). The minimum atomic E-state index is -0.392. The lowest BCUT2D eigenvalue weighted by molar-refractivity contribution is 0.102. The van der Waals surface area contributed by atoms with Crippen LogP contribution >= 0.6 is 11.3 Å². The third kappa shape index (κ3) is 3.39. The topological polar surface area (TPSA) is 101 Å². The van der Waals surface area contributed by atoms with E-state index in [1.807, 2.05) is 18.2 Å². The van der Waals surface area contributed by atoms with E-state index >= 15 is 0 Å². The molecule has 28 heavy (non-hydrogen) atoms. The highest BCUT2D eigenvalue weighted by Crippen LogP contribution is 2.22. The third-order valence-electron chi connectivity index (χ3n) is 4.18. The molecule has 0 atom stereocenters. The maximum absolute atomic E-state index is 13.0. The van der Waals surface area contributed by atoms with Gasteiger partial charge in [-0.05, 0) is 42.0 Å². The van der Waals surface area contributed by atoms with Crippen LogP contribution in [0.25, 0.3) is 10.2 Å². The average Bonchev–Trinajstić information content (AvgIpc) is 3.16. The summed E-state index contributed by atoms with van der Waals surface area (Å²) in [6.07, 6.45) is 4.81. The second-order valence-electron chi connectivity index (χ2n) is 6.01. The predicted molar refractivity (Wildman–Crippen MR) is 106 cm³/mol. The van der Waals surface area contributed by atoms with Crippen molar-refractivity contribution in [2.45, 2.75) is 6.54 Å². The highest BCUT2D eigenvalue weighted by Gasteiger charge is 2.18. The van der Waals surface area contributed by atoms with E-state index in [1.54, 1.807) is 42.0 Å². The first-order valence-electron chi connectivity index (χ1n) is 8.33. The molecule has 0 radical (unpaired) electrons. The summed E-state index contributed by atoms with van der Waals surface area (Å²) in [5, 5.41) is 13.5. The van der Waals surface area contributed by atoms with Crippen LogP contribution in [0.4, 0.5) is 5.69 Å². The SMILES string of the molecule is N#Cc1ccc(NC(=O)c2csc3ncn(Cc4ccncc4)c(=O)c23)cc1. The summed E-state index contributed by atoms with van der Waals surface area (Å²) in [6, 6.07) is 12.2. The number of carbonyl (C=O) groups is 1. The quantitative estimate of drug-likeness (QED) is 0.580. The molecule has 0 unspecified atom stereocenters. The van der Waals surface area contributed by atoms with Gasteiger partial charge in [0.25, 0.3) is 11.5 Å². The fourth-order valence-electron chi connectivity index (χ4n) is 2.76. The summed E-state index contributed by atoms with van der Waals surface area (Å²) in [7, 11) is 0. The number of benzene rings is 1. The van der Waals surface area contributed by atoms with Gasteiger partial charge in [0.2, 0.25) is 0 Å². The molecule has 3 aromatic heterocycles. The van der Waals surface area contributed by atoms with Gasteiger partial charge in [0, 0.05) is 23.5 Å². The van der Waals surface area contributed by atoms with Crippen molar-refractivity contribution in [3.63, 3.8) is 0 Å². The van der Waals surface area contributed by atoms with Gasteiger partial charge >= 0.3 is 0 Å². The molecule has 0 aliphatic rings. The molecule has 0 aliphatic carbocycles. The Hall–Kier alpha value is -3.83. The lowest BCUT2D eigenvalue weighted by Crippen LogP contribution is -2.23. The summed E-state index contributed by atoms with van der Waals surface area (Å²) < 4.78 is 1.48. The van der Waals surface area contributed by atoms with Crippen LogP contribution in [0.2, 0.25) is 0 Å². The van der Waals surface area contributed by atoms with Gasteiger partial charge in [0.05, 0.1) is 35.5 Å². The number of nitriles is 1. The number of thiophene rings is 1. The number of pyridine rings is 1. The molecule has 8 heteroatoms. The number of aromatic nitrogens is 3. The second kappa shape index (κ2) is 7.42. The maximum atomic E-state index is 13.0. The fourth-order valence-corrected chi connectivity index (χ4v) is 3.64. The molecular formula is C20H13N5O2S. The molecule has 4 rings (SSSR count). The van der Waals surface area contributed by atoms with Crippen LogP contribution in [0, 0.1) is 11.3 Å². The molecule has 0 fully saturated rings. The zero-order valence-corrected chi connectivity index (χ0v) is 15.3. The highest BCUT2D eigenvalue weighted by atomic mass is 32.1. The summed E-state index contributed by atoms with van der Waals surface area (Å²) >= 11 is 1.25. The molecule has 0 saturated heterocycles. The largest absolute Gasteiger partial charge is 0.322 e. The van der Waals surface area contributed by atoms with Crippen LogP contribution < -0.4 is 10.9 Å². The normalized spacial score (nSPS) is 10.5. The number of nitrogens with zero attached hydrogens (tertiary/aromatic N) is 4. The summed E-state index contributed by atoms with van der Waals surface area (Å²) in [6.45, 7) is 0.344. The Morgan fingerprint density at radius 1 is 1.18 bits per heavy atom. The van der Waals surface area contributed by atoms with Crippen LogP contribution in [0.3, 0.4) is 0 Å². The smallest absolute Gasteiger partial charge is 0.263 e. The molecule has 1 N–H and O–H groups in total. The van der Waals surface area contributed by atoms with E-state index in [2.05, 4.69) is 15.3 Å². The molecule has 0 saturated carbocycles. The van der Waals surface area contributed by atoms with E-state index < -0.39 is 5.91 Å². The molecule has 1 amide bonds. The molecule has 3 heterocycles. The fraction of sp³-hybridized carbons (Fsp3) is 0.0500.